The van der Waals surface area contributed by atoms with E-state index in [1.165, 1.54) is 12.8 Å². The molecule has 112 valence electrons. The minimum Gasteiger partial charge on any atom is -0.396 e. The maximum Gasteiger partial charge on any atom is 0.152 e. The molecular weight excluding hydrogens is 260 g/mol. The molecule has 0 aliphatic heterocycles. The Balaban J connectivity index is 2.22. The lowest BCUT2D eigenvalue weighted by Crippen LogP contribution is -2.21. The minimum atomic E-state index is 0.720. The Morgan fingerprint density at radius 1 is 1.14 bits per heavy atom. The molecule has 0 aliphatic carbocycles. The second-order valence-corrected chi connectivity index (χ2v) is 5.43. The number of unbranched alkanes of at least 4 members (excludes halogenated alkanes) is 2. The van der Waals surface area contributed by atoms with Gasteiger partial charge in [-0.3, -0.25) is 4.98 Å². The predicted molar refractivity (Wildman–Crippen MR) is 89.4 cm³/mol. The molecule has 2 aromatic heterocycles. The molecule has 0 radical (unpaired) electrons. The van der Waals surface area contributed by atoms with Gasteiger partial charge in [0.1, 0.15) is 0 Å². The van der Waals surface area contributed by atoms with Gasteiger partial charge in [0, 0.05) is 31.0 Å². The molecule has 0 unspecified atom stereocenters. The highest BCUT2D eigenvalue weighted by atomic mass is 15.2. The maximum absolute atomic E-state index is 6.08. The summed E-state index contributed by atoms with van der Waals surface area (Å²) in [5.41, 5.74) is 9.73. The summed E-state index contributed by atoms with van der Waals surface area (Å²) in [6.07, 6.45) is 5.46. The summed E-state index contributed by atoms with van der Waals surface area (Å²) in [6.45, 7) is 5.16. The van der Waals surface area contributed by atoms with E-state index < -0.39 is 0 Å². The number of aryl methyl sites for hydroxylation is 1. The van der Waals surface area contributed by atoms with Crippen LogP contribution in [0.15, 0.2) is 30.5 Å². The summed E-state index contributed by atoms with van der Waals surface area (Å²) in [5.74, 6) is 0.851. The van der Waals surface area contributed by atoms with Crippen molar-refractivity contribution in [2.24, 2.45) is 0 Å². The Labute approximate surface area is 127 Å². The van der Waals surface area contributed by atoms with Gasteiger partial charge in [-0.1, -0.05) is 19.8 Å². The van der Waals surface area contributed by atoms with Crippen LogP contribution in [0.5, 0.6) is 0 Å². The average Bonchev–Trinajstić information content (AvgIpc) is 2.49. The Kier molecular flexibility index (Phi) is 5.14. The van der Waals surface area contributed by atoms with Crippen molar-refractivity contribution in [2.75, 3.05) is 24.2 Å². The Bertz CT molecular complexity index is 578. The van der Waals surface area contributed by atoms with E-state index in [4.69, 9.17) is 10.7 Å². The third kappa shape index (κ3) is 3.94. The second-order valence-electron chi connectivity index (χ2n) is 5.43. The first-order valence-corrected chi connectivity index (χ1v) is 7.52. The van der Waals surface area contributed by atoms with Crippen LogP contribution in [0, 0.1) is 6.92 Å². The quantitative estimate of drug-likeness (QED) is 0.822. The summed E-state index contributed by atoms with van der Waals surface area (Å²) in [6, 6.07) is 7.92. The normalized spacial score (nSPS) is 10.6. The largest absolute Gasteiger partial charge is 0.396 e. The molecule has 2 N–H and O–H groups in total. The fraction of sp³-hybridized carbons (Fsp3) is 0.412. The van der Waals surface area contributed by atoms with Gasteiger partial charge in [-0.15, -0.1) is 0 Å². The van der Waals surface area contributed by atoms with Crippen LogP contribution >= 0.6 is 0 Å². The van der Waals surface area contributed by atoms with E-state index in [0.29, 0.717) is 0 Å². The molecule has 4 nitrogen and oxygen atoms in total. The Morgan fingerprint density at radius 3 is 2.62 bits per heavy atom. The van der Waals surface area contributed by atoms with Crippen LogP contribution in [0.25, 0.3) is 11.3 Å². The van der Waals surface area contributed by atoms with Crippen LogP contribution in [0.4, 0.5) is 11.5 Å². The molecule has 2 heterocycles. The van der Waals surface area contributed by atoms with Gasteiger partial charge in [-0.05, 0) is 37.6 Å². The zero-order valence-electron chi connectivity index (χ0n) is 13.1. The van der Waals surface area contributed by atoms with Gasteiger partial charge in [0.05, 0.1) is 11.4 Å². The number of nitrogens with two attached hydrogens (primary N) is 1. The molecule has 0 bridgehead atoms. The van der Waals surface area contributed by atoms with E-state index in [1.807, 2.05) is 44.4 Å². The summed E-state index contributed by atoms with van der Waals surface area (Å²) >= 11 is 0. The number of nitrogen functional groups attached to an aromatic ring is 1. The predicted octanol–water partition coefficient (Wildman–Crippen LogP) is 3.66. The lowest BCUT2D eigenvalue weighted by Gasteiger charge is -2.20. The fourth-order valence-electron chi connectivity index (χ4n) is 2.25. The van der Waals surface area contributed by atoms with Gasteiger partial charge in [0.15, 0.2) is 5.82 Å². The van der Waals surface area contributed by atoms with Crippen LogP contribution in [0.2, 0.25) is 0 Å². The van der Waals surface area contributed by atoms with Gasteiger partial charge >= 0.3 is 0 Å². The third-order valence-corrected chi connectivity index (χ3v) is 3.57. The molecule has 0 atom stereocenters. The molecule has 0 amide bonds. The van der Waals surface area contributed by atoms with Crippen molar-refractivity contribution in [2.45, 2.75) is 33.1 Å². The number of hydrogen-bond donors (Lipinski definition) is 1. The molecule has 0 spiro atoms. The van der Waals surface area contributed by atoms with Crippen LogP contribution < -0.4 is 10.6 Å². The lowest BCUT2D eigenvalue weighted by molar-refractivity contribution is 0.702. The van der Waals surface area contributed by atoms with E-state index in [-0.39, 0.29) is 0 Å². The number of nitrogens with zero attached hydrogens (tertiary/aromatic N) is 3. The van der Waals surface area contributed by atoms with Gasteiger partial charge < -0.3 is 10.6 Å². The van der Waals surface area contributed by atoms with Crippen LogP contribution in [-0.2, 0) is 0 Å². The van der Waals surface area contributed by atoms with Crippen molar-refractivity contribution < 1.29 is 0 Å². The van der Waals surface area contributed by atoms with E-state index in [2.05, 4.69) is 16.8 Å². The van der Waals surface area contributed by atoms with Gasteiger partial charge in [-0.25, -0.2) is 4.98 Å². The van der Waals surface area contributed by atoms with E-state index in [9.17, 15) is 0 Å². The van der Waals surface area contributed by atoms with Crippen LogP contribution in [0.1, 0.15) is 31.9 Å². The molecule has 0 saturated heterocycles. The number of aromatic nitrogens is 2. The molecule has 0 aromatic carbocycles. The topological polar surface area (TPSA) is 55.0 Å². The van der Waals surface area contributed by atoms with Crippen molar-refractivity contribution in [1.82, 2.24) is 9.97 Å². The summed E-state index contributed by atoms with van der Waals surface area (Å²) in [5, 5.41) is 0. The third-order valence-electron chi connectivity index (χ3n) is 3.57. The number of rotatable bonds is 6. The van der Waals surface area contributed by atoms with Crippen molar-refractivity contribution in [1.29, 1.82) is 0 Å². The van der Waals surface area contributed by atoms with Crippen molar-refractivity contribution >= 4 is 11.5 Å². The smallest absolute Gasteiger partial charge is 0.152 e. The standard InChI is InChI=1S/C17H24N4/c1-4-5-6-11-21(3)17-15(18)9-10-16(20-17)14-8-7-13(2)19-12-14/h7-10,12H,4-6,11,18H2,1-3H3. The number of hydrogen-bond acceptors (Lipinski definition) is 4. The van der Waals surface area contributed by atoms with Gasteiger partial charge in [-0.2, -0.15) is 0 Å². The summed E-state index contributed by atoms with van der Waals surface area (Å²) in [7, 11) is 2.05. The van der Waals surface area contributed by atoms with Gasteiger partial charge in [0.25, 0.3) is 0 Å². The Hall–Kier alpha value is -2.10. The highest BCUT2D eigenvalue weighted by Crippen LogP contribution is 2.25. The van der Waals surface area contributed by atoms with E-state index in [0.717, 1.165) is 41.4 Å². The zero-order valence-corrected chi connectivity index (χ0v) is 13.1. The lowest BCUT2D eigenvalue weighted by atomic mass is 10.1. The average molecular weight is 284 g/mol. The van der Waals surface area contributed by atoms with Gasteiger partial charge in [0.2, 0.25) is 0 Å². The second kappa shape index (κ2) is 7.07. The van der Waals surface area contributed by atoms with E-state index in [1.54, 1.807) is 0 Å². The molecule has 2 rings (SSSR count). The summed E-state index contributed by atoms with van der Waals surface area (Å²) in [4.78, 5) is 11.2. The molecule has 0 aliphatic rings. The van der Waals surface area contributed by atoms with Crippen LogP contribution in [0.3, 0.4) is 0 Å². The van der Waals surface area contributed by atoms with Crippen molar-refractivity contribution in [3.05, 3.63) is 36.2 Å². The monoisotopic (exact) mass is 284 g/mol. The summed E-state index contributed by atoms with van der Waals surface area (Å²) < 4.78 is 0. The molecule has 0 fully saturated rings. The zero-order chi connectivity index (χ0) is 15.2. The van der Waals surface area contributed by atoms with Crippen molar-refractivity contribution in [3.8, 4) is 11.3 Å². The molecule has 4 heteroatoms. The molecule has 0 saturated carbocycles. The van der Waals surface area contributed by atoms with Crippen molar-refractivity contribution in [3.63, 3.8) is 0 Å². The highest BCUT2D eigenvalue weighted by molar-refractivity contribution is 5.69. The Morgan fingerprint density at radius 2 is 1.95 bits per heavy atom. The molecule has 2 aromatic rings. The molecule has 21 heavy (non-hydrogen) atoms. The first-order chi connectivity index (χ1) is 10.1. The first-order valence-electron chi connectivity index (χ1n) is 7.52. The van der Waals surface area contributed by atoms with Crippen LogP contribution in [-0.4, -0.2) is 23.6 Å². The maximum atomic E-state index is 6.08. The highest BCUT2D eigenvalue weighted by Gasteiger charge is 2.09. The first kappa shape index (κ1) is 15.3. The number of anilines is 2. The van der Waals surface area contributed by atoms with E-state index >= 15 is 0 Å². The SMILES string of the molecule is CCCCCN(C)c1nc(-c2ccc(C)nc2)ccc1N. The minimum absolute atomic E-state index is 0.720. The number of pyridine rings is 2. The molecular formula is C17H24N4. The fourth-order valence-corrected chi connectivity index (χ4v) is 2.25.